The maximum atomic E-state index is 12.6. The zero-order chi connectivity index (χ0) is 15.3. The minimum absolute atomic E-state index is 0.302. The van der Waals surface area contributed by atoms with Gasteiger partial charge in [-0.2, -0.15) is 17.0 Å². The van der Waals surface area contributed by atoms with E-state index in [2.05, 4.69) is 5.32 Å². The van der Waals surface area contributed by atoms with Crippen molar-refractivity contribution in [3.8, 4) is 5.75 Å². The van der Waals surface area contributed by atoms with Crippen LogP contribution in [-0.4, -0.2) is 57.4 Å². The number of methoxy groups -OCH3 is 1. The standard InChI is InChI=1S/C14H23N3O3S/c1-16(12-13-6-3-4-7-14(13)20-2)21(18,19)17-10-5-8-15-9-11-17/h3-4,6-7,15H,5,8-12H2,1-2H3. The van der Waals surface area contributed by atoms with Gasteiger partial charge in [-0.1, -0.05) is 18.2 Å². The van der Waals surface area contributed by atoms with E-state index in [1.54, 1.807) is 18.5 Å². The Morgan fingerprint density at radius 1 is 1.29 bits per heavy atom. The number of ether oxygens (including phenoxy) is 1. The van der Waals surface area contributed by atoms with Gasteiger partial charge in [-0.25, -0.2) is 0 Å². The highest BCUT2D eigenvalue weighted by Gasteiger charge is 2.27. The van der Waals surface area contributed by atoms with Gasteiger partial charge in [0.05, 0.1) is 7.11 Å². The molecule has 0 bridgehead atoms. The van der Waals surface area contributed by atoms with Crippen molar-refractivity contribution < 1.29 is 13.2 Å². The molecule has 1 aromatic carbocycles. The predicted octanol–water partition coefficient (Wildman–Crippen LogP) is 0.667. The predicted molar refractivity (Wildman–Crippen MR) is 82.4 cm³/mol. The fourth-order valence-electron chi connectivity index (χ4n) is 2.40. The molecule has 1 aromatic rings. The van der Waals surface area contributed by atoms with Crippen molar-refractivity contribution in [1.82, 2.24) is 13.9 Å². The van der Waals surface area contributed by atoms with E-state index in [-0.39, 0.29) is 0 Å². The second-order valence-electron chi connectivity index (χ2n) is 5.08. The zero-order valence-electron chi connectivity index (χ0n) is 12.6. The summed E-state index contributed by atoms with van der Waals surface area (Å²) in [4.78, 5) is 0. The van der Waals surface area contributed by atoms with Crippen molar-refractivity contribution in [2.24, 2.45) is 0 Å². The first-order valence-electron chi connectivity index (χ1n) is 7.09. The Bertz CT molecular complexity index is 554. The minimum Gasteiger partial charge on any atom is -0.496 e. The first-order chi connectivity index (χ1) is 10.1. The second-order valence-corrected chi connectivity index (χ2v) is 7.11. The molecule has 0 saturated carbocycles. The smallest absolute Gasteiger partial charge is 0.282 e. The monoisotopic (exact) mass is 313 g/mol. The topological polar surface area (TPSA) is 61.9 Å². The van der Waals surface area contributed by atoms with E-state index in [4.69, 9.17) is 4.74 Å². The van der Waals surface area contributed by atoms with Gasteiger partial charge in [0.15, 0.2) is 0 Å². The molecule has 21 heavy (non-hydrogen) atoms. The molecule has 6 nitrogen and oxygen atoms in total. The summed E-state index contributed by atoms with van der Waals surface area (Å²) < 4.78 is 33.5. The van der Waals surface area contributed by atoms with Crippen LogP contribution in [0.5, 0.6) is 5.75 Å². The summed E-state index contributed by atoms with van der Waals surface area (Å²) in [6.45, 7) is 2.93. The van der Waals surface area contributed by atoms with Crippen molar-refractivity contribution in [2.75, 3.05) is 40.3 Å². The van der Waals surface area contributed by atoms with Crippen LogP contribution in [0.15, 0.2) is 24.3 Å². The molecule has 1 aliphatic rings. The molecule has 7 heteroatoms. The number of nitrogens with one attached hydrogen (secondary N) is 1. The summed E-state index contributed by atoms with van der Waals surface area (Å²) in [6, 6.07) is 7.48. The molecule has 1 N–H and O–H groups in total. The van der Waals surface area contributed by atoms with Crippen LogP contribution >= 0.6 is 0 Å². The van der Waals surface area contributed by atoms with Crippen LogP contribution in [-0.2, 0) is 16.8 Å². The van der Waals surface area contributed by atoms with Crippen molar-refractivity contribution >= 4 is 10.2 Å². The molecule has 1 saturated heterocycles. The molecule has 0 atom stereocenters. The lowest BCUT2D eigenvalue weighted by atomic mass is 10.2. The number of rotatable bonds is 5. The summed E-state index contributed by atoms with van der Waals surface area (Å²) in [5.41, 5.74) is 0.860. The van der Waals surface area contributed by atoms with Crippen LogP contribution in [0.4, 0.5) is 0 Å². The van der Waals surface area contributed by atoms with Gasteiger partial charge in [0.2, 0.25) is 0 Å². The lowest BCUT2D eigenvalue weighted by Gasteiger charge is -2.26. The van der Waals surface area contributed by atoms with Gasteiger partial charge in [0, 0.05) is 38.8 Å². The largest absolute Gasteiger partial charge is 0.496 e. The van der Waals surface area contributed by atoms with E-state index in [0.29, 0.717) is 31.9 Å². The Morgan fingerprint density at radius 2 is 2.05 bits per heavy atom. The number of hydrogen-bond acceptors (Lipinski definition) is 4. The van der Waals surface area contributed by atoms with Crippen LogP contribution in [0.2, 0.25) is 0 Å². The minimum atomic E-state index is -3.44. The Labute approximate surface area is 126 Å². The van der Waals surface area contributed by atoms with E-state index in [1.165, 1.54) is 4.31 Å². The molecule has 2 rings (SSSR count). The van der Waals surface area contributed by atoms with E-state index >= 15 is 0 Å². The van der Waals surface area contributed by atoms with E-state index in [9.17, 15) is 8.42 Å². The van der Waals surface area contributed by atoms with Crippen molar-refractivity contribution in [3.05, 3.63) is 29.8 Å². The third kappa shape index (κ3) is 3.94. The molecule has 1 fully saturated rings. The molecule has 0 aromatic heterocycles. The highest BCUT2D eigenvalue weighted by Crippen LogP contribution is 2.21. The van der Waals surface area contributed by atoms with E-state index < -0.39 is 10.2 Å². The summed E-state index contributed by atoms with van der Waals surface area (Å²) in [7, 11) is -0.235. The summed E-state index contributed by atoms with van der Waals surface area (Å²) in [6.07, 6.45) is 0.835. The Morgan fingerprint density at radius 3 is 2.81 bits per heavy atom. The molecule has 0 radical (unpaired) electrons. The number of para-hydroxylation sites is 1. The summed E-state index contributed by atoms with van der Waals surface area (Å²) in [5.74, 6) is 0.706. The Kier molecular flexibility index (Phi) is 5.58. The van der Waals surface area contributed by atoms with Crippen LogP contribution in [0.25, 0.3) is 0 Å². The highest BCUT2D eigenvalue weighted by molar-refractivity contribution is 7.86. The zero-order valence-corrected chi connectivity index (χ0v) is 13.4. The second kappa shape index (κ2) is 7.22. The number of nitrogens with zero attached hydrogens (tertiary/aromatic N) is 2. The normalized spacial score (nSPS) is 17.7. The van der Waals surface area contributed by atoms with Gasteiger partial charge in [-0.15, -0.1) is 0 Å². The highest BCUT2D eigenvalue weighted by atomic mass is 32.2. The molecule has 0 spiro atoms. The molecule has 0 unspecified atom stereocenters. The number of hydrogen-bond donors (Lipinski definition) is 1. The van der Waals surface area contributed by atoms with Crippen LogP contribution < -0.4 is 10.1 Å². The molecule has 1 aliphatic heterocycles. The molecular formula is C14H23N3O3S. The molecule has 0 aliphatic carbocycles. The summed E-state index contributed by atoms with van der Waals surface area (Å²) in [5, 5.41) is 3.21. The molecule has 118 valence electrons. The SMILES string of the molecule is COc1ccccc1CN(C)S(=O)(=O)N1CCCNCC1. The molecular weight excluding hydrogens is 290 g/mol. The van der Waals surface area contributed by atoms with Gasteiger partial charge in [0.1, 0.15) is 5.75 Å². The van der Waals surface area contributed by atoms with Crippen molar-refractivity contribution in [2.45, 2.75) is 13.0 Å². The van der Waals surface area contributed by atoms with Gasteiger partial charge in [0.25, 0.3) is 10.2 Å². The average Bonchev–Trinajstić information content (AvgIpc) is 2.77. The fraction of sp³-hybridized carbons (Fsp3) is 0.571. The maximum absolute atomic E-state index is 12.6. The van der Waals surface area contributed by atoms with Crippen molar-refractivity contribution in [3.63, 3.8) is 0 Å². The van der Waals surface area contributed by atoms with Crippen LogP contribution in [0.1, 0.15) is 12.0 Å². The van der Waals surface area contributed by atoms with Gasteiger partial charge >= 0.3 is 0 Å². The van der Waals surface area contributed by atoms with Crippen molar-refractivity contribution in [1.29, 1.82) is 0 Å². The summed E-state index contributed by atoms with van der Waals surface area (Å²) >= 11 is 0. The molecule has 1 heterocycles. The van der Waals surface area contributed by atoms with Gasteiger partial charge in [-0.05, 0) is 19.0 Å². The maximum Gasteiger partial charge on any atom is 0.282 e. The average molecular weight is 313 g/mol. The Balaban J connectivity index is 2.12. The third-order valence-electron chi connectivity index (χ3n) is 3.60. The third-order valence-corrected chi connectivity index (χ3v) is 5.54. The van der Waals surface area contributed by atoms with E-state index in [0.717, 1.165) is 18.5 Å². The van der Waals surface area contributed by atoms with Crippen LogP contribution in [0.3, 0.4) is 0 Å². The first-order valence-corrected chi connectivity index (χ1v) is 8.49. The quantitative estimate of drug-likeness (QED) is 0.868. The van der Waals surface area contributed by atoms with E-state index in [1.807, 2.05) is 24.3 Å². The fourth-order valence-corrected chi connectivity index (χ4v) is 3.78. The van der Waals surface area contributed by atoms with Gasteiger partial charge in [-0.3, -0.25) is 0 Å². The Hall–Kier alpha value is -1.15. The number of benzene rings is 1. The van der Waals surface area contributed by atoms with Gasteiger partial charge < -0.3 is 10.1 Å². The lowest BCUT2D eigenvalue weighted by Crippen LogP contribution is -2.43. The first kappa shape index (κ1) is 16.2. The lowest BCUT2D eigenvalue weighted by molar-refractivity contribution is 0.360. The van der Waals surface area contributed by atoms with Crippen LogP contribution in [0, 0.1) is 0 Å². The molecule has 0 amide bonds.